The highest BCUT2D eigenvalue weighted by molar-refractivity contribution is 6.11. The van der Waals surface area contributed by atoms with Crippen LogP contribution in [0.2, 0.25) is 0 Å². The average molecular weight is 415 g/mol. The maximum Gasteiger partial charge on any atom is 0.260 e. The third-order valence-electron chi connectivity index (χ3n) is 5.60. The Morgan fingerprint density at radius 1 is 1.13 bits per heavy atom. The molecule has 0 spiro atoms. The first-order chi connectivity index (χ1) is 15.0. The molecule has 0 saturated carbocycles. The van der Waals surface area contributed by atoms with Gasteiger partial charge in [0.05, 0.1) is 36.9 Å². The van der Waals surface area contributed by atoms with Crippen LogP contribution in [-0.2, 0) is 4.79 Å². The van der Waals surface area contributed by atoms with Crippen molar-refractivity contribution in [3.63, 3.8) is 0 Å². The fraction of sp³-hybridized carbons (Fsp3) is 0.240. The molecular weight excluding hydrogens is 390 g/mol. The molecule has 2 unspecified atom stereocenters. The van der Waals surface area contributed by atoms with Gasteiger partial charge >= 0.3 is 0 Å². The van der Waals surface area contributed by atoms with E-state index in [-0.39, 0.29) is 24.3 Å². The minimum atomic E-state index is -0.450. The maximum absolute atomic E-state index is 13.1. The van der Waals surface area contributed by atoms with E-state index < -0.39 is 6.04 Å². The van der Waals surface area contributed by atoms with Gasteiger partial charge in [-0.2, -0.15) is 0 Å². The number of hydrogen-bond acceptors (Lipinski definition) is 4. The highest BCUT2D eigenvalue weighted by Crippen LogP contribution is 2.38. The number of nitrogens with one attached hydrogen (secondary N) is 1. The molecule has 0 radical (unpaired) electrons. The predicted octanol–water partition coefficient (Wildman–Crippen LogP) is 4.37. The minimum absolute atomic E-state index is 0.129. The second kappa shape index (κ2) is 8.60. The topological polar surface area (TPSA) is 71.5 Å². The SMILES string of the molecule is COc1ccc(C(C)NC(=O)CC2c3ncccc3C(=O)N2c2ccc(C)cc2)cc1. The van der Waals surface area contributed by atoms with Gasteiger partial charge in [-0.15, -0.1) is 0 Å². The molecule has 1 aliphatic rings. The number of aromatic nitrogens is 1. The van der Waals surface area contributed by atoms with E-state index in [1.807, 2.05) is 62.4 Å². The summed E-state index contributed by atoms with van der Waals surface area (Å²) in [6.45, 7) is 3.93. The van der Waals surface area contributed by atoms with Crippen molar-refractivity contribution in [2.45, 2.75) is 32.4 Å². The largest absolute Gasteiger partial charge is 0.497 e. The van der Waals surface area contributed by atoms with E-state index in [2.05, 4.69) is 10.3 Å². The van der Waals surface area contributed by atoms with Crippen LogP contribution in [0, 0.1) is 6.92 Å². The van der Waals surface area contributed by atoms with Gasteiger partial charge < -0.3 is 10.1 Å². The molecule has 2 heterocycles. The molecule has 158 valence electrons. The Kier molecular flexibility index (Phi) is 5.71. The van der Waals surface area contributed by atoms with E-state index >= 15 is 0 Å². The number of pyridine rings is 1. The summed E-state index contributed by atoms with van der Waals surface area (Å²) in [5.41, 5.74) is 4.03. The van der Waals surface area contributed by atoms with Crippen molar-refractivity contribution in [2.24, 2.45) is 0 Å². The van der Waals surface area contributed by atoms with E-state index in [1.165, 1.54) is 0 Å². The first-order valence-corrected chi connectivity index (χ1v) is 10.3. The van der Waals surface area contributed by atoms with Crippen LogP contribution < -0.4 is 15.0 Å². The zero-order valence-corrected chi connectivity index (χ0v) is 17.8. The third kappa shape index (κ3) is 4.14. The Morgan fingerprint density at radius 2 is 1.84 bits per heavy atom. The smallest absolute Gasteiger partial charge is 0.260 e. The van der Waals surface area contributed by atoms with Gasteiger partial charge in [-0.1, -0.05) is 29.8 Å². The first kappa shape index (κ1) is 20.6. The number of amides is 2. The standard InChI is InChI=1S/C25H25N3O3/c1-16-6-10-19(11-7-16)28-22(24-21(25(28)30)5-4-14-26-24)15-23(29)27-17(2)18-8-12-20(31-3)13-9-18/h4-14,17,22H,15H2,1-3H3,(H,27,29). The van der Waals surface area contributed by atoms with Crippen LogP contribution in [0.3, 0.4) is 0 Å². The molecule has 3 aromatic rings. The quantitative estimate of drug-likeness (QED) is 0.649. The molecule has 1 aromatic heterocycles. The van der Waals surface area contributed by atoms with Crippen LogP contribution in [0.15, 0.2) is 66.9 Å². The van der Waals surface area contributed by atoms with E-state index in [0.717, 1.165) is 22.6 Å². The van der Waals surface area contributed by atoms with E-state index in [0.29, 0.717) is 11.3 Å². The van der Waals surface area contributed by atoms with Crippen molar-refractivity contribution in [3.8, 4) is 5.75 Å². The molecule has 2 atom stereocenters. The molecule has 2 amide bonds. The lowest BCUT2D eigenvalue weighted by atomic mass is 10.1. The van der Waals surface area contributed by atoms with Crippen molar-refractivity contribution >= 4 is 17.5 Å². The van der Waals surface area contributed by atoms with E-state index in [1.54, 1.807) is 30.3 Å². The number of ether oxygens (including phenoxy) is 1. The first-order valence-electron chi connectivity index (χ1n) is 10.3. The van der Waals surface area contributed by atoms with Crippen LogP contribution in [0.1, 0.15) is 52.6 Å². The van der Waals surface area contributed by atoms with Crippen LogP contribution in [0.25, 0.3) is 0 Å². The number of rotatable bonds is 6. The Morgan fingerprint density at radius 3 is 2.52 bits per heavy atom. The number of aryl methyl sites for hydroxylation is 1. The number of hydrogen-bond donors (Lipinski definition) is 1. The van der Waals surface area contributed by atoms with Crippen LogP contribution in [0.4, 0.5) is 5.69 Å². The van der Waals surface area contributed by atoms with Crippen LogP contribution >= 0.6 is 0 Å². The lowest BCUT2D eigenvalue weighted by Gasteiger charge is -2.25. The molecular formula is C25H25N3O3. The summed E-state index contributed by atoms with van der Waals surface area (Å²) >= 11 is 0. The molecule has 6 heteroatoms. The number of benzene rings is 2. The normalized spacial score (nSPS) is 16.0. The average Bonchev–Trinajstić information content (AvgIpc) is 3.06. The fourth-order valence-electron chi connectivity index (χ4n) is 3.90. The maximum atomic E-state index is 13.1. The fourth-order valence-corrected chi connectivity index (χ4v) is 3.90. The molecule has 6 nitrogen and oxygen atoms in total. The number of nitrogens with zero attached hydrogens (tertiary/aromatic N) is 2. The molecule has 0 aliphatic carbocycles. The predicted molar refractivity (Wildman–Crippen MR) is 119 cm³/mol. The zero-order valence-electron chi connectivity index (χ0n) is 17.8. The van der Waals surface area contributed by atoms with Crippen molar-refractivity contribution in [2.75, 3.05) is 12.0 Å². The van der Waals surface area contributed by atoms with Gasteiger partial charge in [0.15, 0.2) is 0 Å². The summed E-state index contributed by atoms with van der Waals surface area (Å²) in [6.07, 6.45) is 1.79. The summed E-state index contributed by atoms with van der Waals surface area (Å²) in [7, 11) is 1.62. The molecule has 1 aliphatic heterocycles. The zero-order chi connectivity index (χ0) is 22.0. The van der Waals surface area contributed by atoms with Gasteiger partial charge in [-0.05, 0) is 55.8 Å². The Hall–Kier alpha value is -3.67. The molecule has 1 N–H and O–H groups in total. The number of anilines is 1. The van der Waals surface area contributed by atoms with Gasteiger partial charge in [0, 0.05) is 11.9 Å². The molecule has 0 saturated heterocycles. The monoisotopic (exact) mass is 415 g/mol. The third-order valence-corrected chi connectivity index (χ3v) is 5.60. The Labute approximate surface area is 181 Å². The number of carbonyl (C=O) groups is 2. The summed E-state index contributed by atoms with van der Waals surface area (Å²) in [4.78, 5) is 32.2. The number of carbonyl (C=O) groups excluding carboxylic acids is 2. The highest BCUT2D eigenvalue weighted by Gasteiger charge is 2.40. The lowest BCUT2D eigenvalue weighted by molar-refractivity contribution is -0.122. The van der Waals surface area contributed by atoms with Crippen molar-refractivity contribution in [1.82, 2.24) is 10.3 Å². The minimum Gasteiger partial charge on any atom is -0.497 e. The van der Waals surface area contributed by atoms with Crippen molar-refractivity contribution in [1.29, 1.82) is 0 Å². The molecule has 4 rings (SSSR count). The highest BCUT2D eigenvalue weighted by atomic mass is 16.5. The van der Waals surface area contributed by atoms with Crippen molar-refractivity contribution in [3.05, 3.63) is 89.2 Å². The van der Waals surface area contributed by atoms with E-state index in [9.17, 15) is 9.59 Å². The van der Waals surface area contributed by atoms with E-state index in [4.69, 9.17) is 4.74 Å². The van der Waals surface area contributed by atoms with Gasteiger partial charge in [-0.25, -0.2) is 0 Å². The lowest BCUT2D eigenvalue weighted by Crippen LogP contribution is -2.34. The van der Waals surface area contributed by atoms with Gasteiger partial charge in [0.25, 0.3) is 5.91 Å². The molecule has 0 bridgehead atoms. The molecule has 2 aromatic carbocycles. The van der Waals surface area contributed by atoms with Gasteiger partial charge in [0.1, 0.15) is 5.75 Å². The van der Waals surface area contributed by atoms with Gasteiger partial charge in [0.2, 0.25) is 5.91 Å². The van der Waals surface area contributed by atoms with Crippen LogP contribution in [0.5, 0.6) is 5.75 Å². The second-order valence-corrected chi connectivity index (χ2v) is 7.73. The Bertz CT molecular complexity index is 1090. The van der Waals surface area contributed by atoms with Crippen molar-refractivity contribution < 1.29 is 14.3 Å². The van der Waals surface area contributed by atoms with Gasteiger partial charge in [-0.3, -0.25) is 19.5 Å². The molecule has 31 heavy (non-hydrogen) atoms. The summed E-state index contributed by atoms with van der Waals surface area (Å²) < 4.78 is 5.19. The second-order valence-electron chi connectivity index (χ2n) is 7.73. The number of fused-ring (bicyclic) bond motifs is 1. The summed E-state index contributed by atoms with van der Waals surface area (Å²) in [5, 5.41) is 3.04. The Balaban J connectivity index is 1.55. The summed E-state index contributed by atoms with van der Waals surface area (Å²) in [6, 6.07) is 18.2. The molecule has 0 fully saturated rings. The summed E-state index contributed by atoms with van der Waals surface area (Å²) in [5.74, 6) is 0.493. The van der Waals surface area contributed by atoms with Crippen LogP contribution in [-0.4, -0.2) is 23.9 Å². The number of methoxy groups -OCH3 is 1.